The number of nitrogens with zero attached hydrogens (tertiary/aromatic N) is 1. The molecule has 1 aliphatic heterocycles. The normalized spacial score (nSPS) is 21.1. The van der Waals surface area contributed by atoms with E-state index in [9.17, 15) is 4.79 Å². The minimum atomic E-state index is 0.628. The molecule has 0 amide bonds. The van der Waals surface area contributed by atoms with Crippen LogP contribution in [0.15, 0.2) is 0 Å². The maximum atomic E-state index is 10.2. The van der Waals surface area contributed by atoms with E-state index in [1.54, 1.807) is 0 Å². The van der Waals surface area contributed by atoms with E-state index in [4.69, 9.17) is 0 Å². The van der Waals surface area contributed by atoms with Gasteiger partial charge >= 0.3 is 0 Å². The highest BCUT2D eigenvalue weighted by molar-refractivity contribution is 5.50. The first kappa shape index (κ1) is 15.7. The summed E-state index contributed by atoms with van der Waals surface area (Å²) < 4.78 is 0. The molecule has 1 atom stereocenters. The Hall–Kier alpha value is -0.370. The summed E-state index contributed by atoms with van der Waals surface area (Å²) in [7, 11) is 0. The van der Waals surface area contributed by atoms with Crippen LogP contribution < -0.4 is 0 Å². The van der Waals surface area contributed by atoms with Gasteiger partial charge in [0.05, 0.1) is 0 Å². The number of hydrogen-bond donors (Lipinski definition) is 0. The zero-order chi connectivity index (χ0) is 13.1. The number of unbranched alkanes of at least 4 members (excludes halogenated alkanes) is 5. The maximum Gasteiger partial charge on any atom is 0.198 e. The van der Waals surface area contributed by atoms with E-state index < -0.39 is 0 Å². The van der Waals surface area contributed by atoms with Crippen LogP contribution in [-0.2, 0) is 4.79 Å². The molecule has 1 unspecified atom stereocenters. The molecule has 2 nitrogen and oxygen atoms in total. The number of piperidine rings is 1. The predicted octanol–water partition coefficient (Wildman–Crippen LogP) is 4.09. The minimum absolute atomic E-state index is 0.628. The Balaban J connectivity index is 2.17. The molecule has 0 aromatic carbocycles. The van der Waals surface area contributed by atoms with Crippen molar-refractivity contribution in [2.24, 2.45) is 0 Å². The van der Waals surface area contributed by atoms with E-state index in [2.05, 4.69) is 11.8 Å². The van der Waals surface area contributed by atoms with Crippen molar-refractivity contribution in [2.45, 2.75) is 83.6 Å². The zero-order valence-corrected chi connectivity index (χ0v) is 12.1. The van der Waals surface area contributed by atoms with Crippen molar-refractivity contribution in [3.8, 4) is 0 Å². The monoisotopic (exact) mass is 252 g/mol. The van der Waals surface area contributed by atoms with E-state index in [1.165, 1.54) is 70.9 Å². The molecular weight excluding hydrogens is 222 g/mol. The SMILES string of the molecule is CCCCCCN1CCCCC1CCCC[C]=O. The van der Waals surface area contributed by atoms with Crippen LogP contribution in [0.4, 0.5) is 0 Å². The average Bonchev–Trinajstić information content (AvgIpc) is 2.41. The van der Waals surface area contributed by atoms with Gasteiger partial charge in [0.1, 0.15) is 0 Å². The molecule has 0 aliphatic carbocycles. The van der Waals surface area contributed by atoms with Gasteiger partial charge in [-0.05, 0) is 45.2 Å². The molecule has 2 heteroatoms. The van der Waals surface area contributed by atoms with Crippen molar-refractivity contribution in [3.63, 3.8) is 0 Å². The lowest BCUT2D eigenvalue weighted by Crippen LogP contribution is -2.40. The van der Waals surface area contributed by atoms with E-state index in [-0.39, 0.29) is 0 Å². The van der Waals surface area contributed by atoms with Gasteiger partial charge in [0.25, 0.3) is 0 Å². The summed E-state index contributed by atoms with van der Waals surface area (Å²) in [6.45, 7) is 4.87. The zero-order valence-electron chi connectivity index (χ0n) is 12.1. The van der Waals surface area contributed by atoms with Crippen molar-refractivity contribution in [3.05, 3.63) is 0 Å². The second-order valence-electron chi connectivity index (χ2n) is 5.64. The Kier molecular flexibility index (Phi) is 9.19. The third-order valence-corrected chi connectivity index (χ3v) is 4.11. The van der Waals surface area contributed by atoms with Crippen LogP contribution in [0, 0.1) is 0 Å². The summed E-state index contributed by atoms with van der Waals surface area (Å²) in [5, 5.41) is 0. The topological polar surface area (TPSA) is 20.3 Å². The van der Waals surface area contributed by atoms with Crippen LogP contribution in [0.25, 0.3) is 0 Å². The van der Waals surface area contributed by atoms with Crippen molar-refractivity contribution < 1.29 is 4.79 Å². The first-order valence-corrected chi connectivity index (χ1v) is 7.97. The molecule has 1 radical (unpaired) electrons. The number of hydrogen-bond acceptors (Lipinski definition) is 2. The highest BCUT2D eigenvalue weighted by atomic mass is 16.1. The van der Waals surface area contributed by atoms with Crippen molar-refractivity contribution >= 4 is 6.29 Å². The van der Waals surface area contributed by atoms with E-state index in [0.29, 0.717) is 6.42 Å². The standard InChI is InChI=1S/C16H30NO/c1-2-3-4-8-13-17-14-9-7-12-16(17)11-6-5-10-15-18/h16H,2-14H2,1H3. The van der Waals surface area contributed by atoms with E-state index in [1.807, 2.05) is 6.29 Å². The molecular formula is C16H30NO. The highest BCUT2D eigenvalue weighted by Crippen LogP contribution is 2.22. The van der Waals surface area contributed by atoms with Crippen LogP contribution in [-0.4, -0.2) is 30.3 Å². The van der Waals surface area contributed by atoms with Gasteiger partial charge in [0.15, 0.2) is 6.29 Å². The fourth-order valence-corrected chi connectivity index (χ4v) is 3.00. The third-order valence-electron chi connectivity index (χ3n) is 4.11. The van der Waals surface area contributed by atoms with E-state index >= 15 is 0 Å². The maximum absolute atomic E-state index is 10.2. The molecule has 105 valence electrons. The van der Waals surface area contributed by atoms with Crippen LogP contribution in [0.1, 0.15) is 77.6 Å². The van der Waals surface area contributed by atoms with Crippen LogP contribution in [0.3, 0.4) is 0 Å². The summed E-state index contributed by atoms with van der Waals surface area (Å²) in [6, 6.07) is 0.798. The quantitative estimate of drug-likeness (QED) is 0.546. The lowest BCUT2D eigenvalue weighted by molar-refractivity contribution is 0.135. The predicted molar refractivity (Wildman–Crippen MR) is 77.5 cm³/mol. The molecule has 0 bridgehead atoms. The molecule has 0 saturated carbocycles. The smallest absolute Gasteiger partial charge is 0.198 e. The van der Waals surface area contributed by atoms with Crippen molar-refractivity contribution in [2.75, 3.05) is 13.1 Å². The van der Waals surface area contributed by atoms with Gasteiger partial charge in [-0.25, -0.2) is 0 Å². The minimum Gasteiger partial charge on any atom is -0.300 e. The second-order valence-corrected chi connectivity index (χ2v) is 5.64. The van der Waals surface area contributed by atoms with Crippen LogP contribution in [0.2, 0.25) is 0 Å². The average molecular weight is 252 g/mol. The molecule has 1 rings (SSSR count). The fourth-order valence-electron chi connectivity index (χ4n) is 3.00. The van der Waals surface area contributed by atoms with Crippen molar-refractivity contribution in [1.82, 2.24) is 4.90 Å². The second kappa shape index (κ2) is 10.5. The summed E-state index contributed by atoms with van der Waals surface area (Å²) in [6.07, 6.45) is 15.8. The van der Waals surface area contributed by atoms with Gasteiger partial charge in [-0.3, -0.25) is 4.79 Å². The van der Waals surface area contributed by atoms with Gasteiger partial charge in [-0.15, -0.1) is 0 Å². The highest BCUT2D eigenvalue weighted by Gasteiger charge is 2.20. The summed E-state index contributed by atoms with van der Waals surface area (Å²) in [5.41, 5.74) is 0. The molecule has 1 saturated heterocycles. The summed E-state index contributed by atoms with van der Waals surface area (Å²) >= 11 is 0. The van der Waals surface area contributed by atoms with E-state index in [0.717, 1.165) is 12.5 Å². The van der Waals surface area contributed by atoms with Gasteiger partial charge < -0.3 is 4.90 Å². The molecule has 1 heterocycles. The Morgan fingerprint density at radius 1 is 1.11 bits per heavy atom. The van der Waals surface area contributed by atoms with Gasteiger partial charge in [-0.1, -0.05) is 39.0 Å². The van der Waals surface area contributed by atoms with Gasteiger partial charge in [0, 0.05) is 12.5 Å². The molecule has 0 N–H and O–H groups in total. The molecule has 1 fully saturated rings. The summed E-state index contributed by atoms with van der Waals surface area (Å²) in [4.78, 5) is 12.9. The molecule has 0 aromatic heterocycles. The first-order chi connectivity index (χ1) is 8.88. The third kappa shape index (κ3) is 6.53. The van der Waals surface area contributed by atoms with Crippen molar-refractivity contribution in [1.29, 1.82) is 0 Å². The Morgan fingerprint density at radius 2 is 2.00 bits per heavy atom. The van der Waals surface area contributed by atoms with Gasteiger partial charge in [0.2, 0.25) is 0 Å². The Labute approximate surface area is 113 Å². The lowest BCUT2D eigenvalue weighted by atomic mass is 9.96. The molecule has 1 aliphatic rings. The molecule has 0 aromatic rings. The number of rotatable bonds is 10. The first-order valence-electron chi connectivity index (χ1n) is 7.97. The molecule has 18 heavy (non-hydrogen) atoms. The largest absolute Gasteiger partial charge is 0.300 e. The molecule has 0 spiro atoms. The Morgan fingerprint density at radius 3 is 2.78 bits per heavy atom. The number of carbonyl (C=O) groups excluding carboxylic acids is 1. The van der Waals surface area contributed by atoms with Crippen LogP contribution >= 0.6 is 0 Å². The lowest BCUT2D eigenvalue weighted by Gasteiger charge is -2.36. The summed E-state index contributed by atoms with van der Waals surface area (Å²) in [5.74, 6) is 0. The fraction of sp³-hybridized carbons (Fsp3) is 0.938. The van der Waals surface area contributed by atoms with Gasteiger partial charge in [-0.2, -0.15) is 0 Å². The number of likely N-dealkylation sites (tertiary alicyclic amines) is 1. The van der Waals surface area contributed by atoms with Crippen LogP contribution in [0.5, 0.6) is 0 Å². The Bertz CT molecular complexity index is 205.